The summed E-state index contributed by atoms with van der Waals surface area (Å²) in [6.07, 6.45) is 1.28. The number of hydrogen-bond acceptors (Lipinski definition) is 7. The average Bonchev–Trinajstić information content (AvgIpc) is 2.87. The van der Waals surface area contributed by atoms with Crippen molar-refractivity contribution in [1.82, 2.24) is 15.2 Å². The molecule has 7 nitrogen and oxygen atoms in total. The molecular formula is C10H6Cl2N4O3S2. The molecule has 0 saturated carbocycles. The standard InChI is InChI=1S/C10H6Cl2N4O3S2/c11-5-1-4(2-13-7(5)12)8(19)14-9-15-16-10(21-9)20-3-6(17)18/h1-2H,3H2,(H,17,18)(H,14,15,19). The molecule has 0 atom stereocenters. The minimum atomic E-state index is -0.956. The summed E-state index contributed by atoms with van der Waals surface area (Å²) >= 11 is 13.5. The van der Waals surface area contributed by atoms with E-state index in [1.54, 1.807) is 0 Å². The molecule has 1 amide bonds. The maximum Gasteiger partial charge on any atom is 0.313 e. The minimum absolute atomic E-state index is 0.108. The number of thioether (sulfide) groups is 1. The summed E-state index contributed by atoms with van der Waals surface area (Å²) in [5.41, 5.74) is 0.222. The van der Waals surface area contributed by atoms with E-state index in [0.717, 1.165) is 23.1 Å². The van der Waals surface area contributed by atoms with Gasteiger partial charge in [-0.05, 0) is 6.07 Å². The molecule has 110 valence electrons. The number of rotatable bonds is 5. The van der Waals surface area contributed by atoms with Crippen LogP contribution in [0.1, 0.15) is 10.4 Å². The average molecular weight is 365 g/mol. The van der Waals surface area contributed by atoms with E-state index in [1.807, 2.05) is 0 Å². The van der Waals surface area contributed by atoms with Gasteiger partial charge in [-0.25, -0.2) is 4.98 Å². The van der Waals surface area contributed by atoms with Crippen LogP contribution < -0.4 is 5.32 Å². The third kappa shape index (κ3) is 4.53. The first-order valence-corrected chi connectivity index (χ1v) is 7.82. The van der Waals surface area contributed by atoms with E-state index in [-0.39, 0.29) is 26.6 Å². The van der Waals surface area contributed by atoms with Gasteiger partial charge >= 0.3 is 5.97 Å². The highest BCUT2D eigenvalue weighted by Crippen LogP contribution is 2.26. The Hall–Kier alpha value is -1.42. The molecule has 0 aromatic carbocycles. The topological polar surface area (TPSA) is 105 Å². The number of halogens is 2. The van der Waals surface area contributed by atoms with E-state index in [1.165, 1.54) is 12.3 Å². The highest BCUT2D eigenvalue weighted by atomic mass is 35.5. The summed E-state index contributed by atoms with van der Waals surface area (Å²) in [4.78, 5) is 26.1. The third-order valence-electron chi connectivity index (χ3n) is 2.00. The third-order valence-corrected chi connectivity index (χ3v) is 4.65. The lowest BCUT2D eigenvalue weighted by Crippen LogP contribution is -2.12. The number of nitrogens with zero attached hydrogens (tertiary/aromatic N) is 3. The van der Waals surface area contributed by atoms with E-state index in [0.29, 0.717) is 4.34 Å². The first-order chi connectivity index (χ1) is 9.95. The number of aliphatic carboxylic acids is 1. The molecule has 2 N–H and O–H groups in total. The fourth-order valence-corrected chi connectivity index (χ4v) is 2.89. The van der Waals surface area contributed by atoms with Crippen molar-refractivity contribution in [3.63, 3.8) is 0 Å². The fraction of sp³-hybridized carbons (Fsp3) is 0.100. The van der Waals surface area contributed by atoms with Crippen LogP contribution in [-0.2, 0) is 4.79 Å². The highest BCUT2D eigenvalue weighted by molar-refractivity contribution is 8.01. The number of carbonyl (C=O) groups excluding carboxylic acids is 1. The van der Waals surface area contributed by atoms with Crippen molar-refractivity contribution in [3.8, 4) is 0 Å². The molecule has 0 fully saturated rings. The number of amides is 1. The number of nitrogens with one attached hydrogen (secondary N) is 1. The molecular weight excluding hydrogens is 359 g/mol. The maximum absolute atomic E-state index is 11.9. The Labute approximate surface area is 136 Å². The van der Waals surface area contributed by atoms with Crippen LogP contribution in [0.3, 0.4) is 0 Å². The van der Waals surface area contributed by atoms with E-state index in [2.05, 4.69) is 20.5 Å². The van der Waals surface area contributed by atoms with Crippen LogP contribution in [0.2, 0.25) is 10.2 Å². The van der Waals surface area contributed by atoms with Gasteiger partial charge in [0.25, 0.3) is 5.91 Å². The van der Waals surface area contributed by atoms with Gasteiger partial charge in [-0.3, -0.25) is 14.9 Å². The Morgan fingerprint density at radius 3 is 2.81 bits per heavy atom. The zero-order valence-corrected chi connectivity index (χ0v) is 13.2. The summed E-state index contributed by atoms with van der Waals surface area (Å²) in [6, 6.07) is 1.38. The molecule has 0 aliphatic heterocycles. The first-order valence-electron chi connectivity index (χ1n) is 5.26. The van der Waals surface area contributed by atoms with Gasteiger partial charge in [0.2, 0.25) is 5.13 Å². The van der Waals surface area contributed by atoms with E-state index in [9.17, 15) is 9.59 Å². The second-order valence-corrected chi connectivity index (χ2v) is 6.47. The van der Waals surface area contributed by atoms with E-state index in [4.69, 9.17) is 28.3 Å². The van der Waals surface area contributed by atoms with Gasteiger partial charge in [0, 0.05) is 6.20 Å². The van der Waals surface area contributed by atoms with Crippen molar-refractivity contribution in [2.75, 3.05) is 11.1 Å². The van der Waals surface area contributed by atoms with Crippen molar-refractivity contribution in [3.05, 3.63) is 28.0 Å². The summed E-state index contributed by atoms with van der Waals surface area (Å²) in [5, 5.41) is 19.1. The lowest BCUT2D eigenvalue weighted by Gasteiger charge is -2.01. The predicted molar refractivity (Wildman–Crippen MR) is 80.5 cm³/mol. The zero-order chi connectivity index (χ0) is 15.4. The Morgan fingerprint density at radius 2 is 2.14 bits per heavy atom. The van der Waals surface area contributed by atoms with Crippen LogP contribution >= 0.6 is 46.3 Å². The quantitative estimate of drug-likeness (QED) is 0.477. The molecule has 0 bridgehead atoms. The largest absolute Gasteiger partial charge is 0.481 e. The van der Waals surface area contributed by atoms with Gasteiger partial charge in [0.1, 0.15) is 5.15 Å². The molecule has 2 aromatic heterocycles. The number of carbonyl (C=O) groups is 2. The highest BCUT2D eigenvalue weighted by Gasteiger charge is 2.13. The van der Waals surface area contributed by atoms with E-state index >= 15 is 0 Å². The first kappa shape index (κ1) is 16.0. The SMILES string of the molecule is O=C(O)CSc1nnc(NC(=O)c2cnc(Cl)c(Cl)c2)s1. The minimum Gasteiger partial charge on any atom is -0.481 e. The van der Waals surface area contributed by atoms with Gasteiger partial charge in [0.15, 0.2) is 4.34 Å². The van der Waals surface area contributed by atoms with Crippen LogP contribution in [0.15, 0.2) is 16.6 Å². The Balaban J connectivity index is 2.02. The Kier molecular flexibility index (Phi) is 5.34. The second-order valence-electron chi connectivity index (χ2n) is 3.51. The fourth-order valence-electron chi connectivity index (χ4n) is 1.16. The van der Waals surface area contributed by atoms with Gasteiger partial charge in [-0.15, -0.1) is 10.2 Å². The lowest BCUT2D eigenvalue weighted by molar-refractivity contribution is -0.133. The molecule has 0 spiro atoms. The molecule has 2 aromatic rings. The maximum atomic E-state index is 11.9. The van der Waals surface area contributed by atoms with Crippen LogP contribution in [0, 0.1) is 0 Å². The van der Waals surface area contributed by atoms with Crippen LogP contribution in [0.5, 0.6) is 0 Å². The van der Waals surface area contributed by atoms with Crippen LogP contribution in [0.4, 0.5) is 5.13 Å². The zero-order valence-electron chi connectivity index (χ0n) is 10.0. The number of anilines is 1. The van der Waals surface area contributed by atoms with Crippen molar-refractivity contribution in [2.45, 2.75) is 4.34 Å². The van der Waals surface area contributed by atoms with Gasteiger partial charge in [-0.1, -0.05) is 46.3 Å². The van der Waals surface area contributed by atoms with E-state index < -0.39 is 11.9 Å². The molecule has 2 heterocycles. The lowest BCUT2D eigenvalue weighted by atomic mass is 10.3. The summed E-state index contributed by atoms with van der Waals surface area (Å²) in [6.45, 7) is 0. The van der Waals surface area contributed by atoms with Gasteiger partial charge < -0.3 is 5.11 Å². The van der Waals surface area contributed by atoms with Crippen molar-refractivity contribution in [2.24, 2.45) is 0 Å². The van der Waals surface area contributed by atoms with Crippen molar-refractivity contribution in [1.29, 1.82) is 0 Å². The summed E-state index contributed by atoms with van der Waals surface area (Å²) in [7, 11) is 0. The number of carboxylic acids is 1. The molecule has 0 saturated heterocycles. The van der Waals surface area contributed by atoms with Gasteiger partial charge in [-0.2, -0.15) is 0 Å². The Morgan fingerprint density at radius 1 is 1.38 bits per heavy atom. The smallest absolute Gasteiger partial charge is 0.313 e. The molecule has 0 radical (unpaired) electrons. The number of hydrogen-bond donors (Lipinski definition) is 2. The van der Waals surface area contributed by atoms with Crippen LogP contribution in [0.25, 0.3) is 0 Å². The molecule has 21 heavy (non-hydrogen) atoms. The van der Waals surface area contributed by atoms with Crippen molar-refractivity contribution < 1.29 is 14.7 Å². The summed E-state index contributed by atoms with van der Waals surface area (Å²) in [5.74, 6) is -1.55. The predicted octanol–water partition coefficient (Wildman–Crippen LogP) is 2.67. The number of carboxylic acid groups (broad SMARTS) is 1. The monoisotopic (exact) mass is 364 g/mol. The molecule has 11 heteroatoms. The summed E-state index contributed by atoms with van der Waals surface area (Å²) < 4.78 is 0.444. The molecule has 0 aliphatic carbocycles. The molecule has 2 rings (SSSR count). The second kappa shape index (κ2) is 7.03. The van der Waals surface area contributed by atoms with Crippen molar-refractivity contribution >= 4 is 63.3 Å². The van der Waals surface area contributed by atoms with Crippen LogP contribution in [-0.4, -0.2) is 37.9 Å². The molecule has 0 aliphatic rings. The number of aromatic nitrogens is 3. The normalized spacial score (nSPS) is 10.4. The Bertz CT molecular complexity index is 695. The van der Waals surface area contributed by atoms with Gasteiger partial charge in [0.05, 0.1) is 16.3 Å². The molecule has 0 unspecified atom stereocenters. The number of pyridine rings is 1.